The van der Waals surface area contributed by atoms with Crippen LogP contribution >= 0.6 is 11.8 Å². The molecule has 0 saturated carbocycles. The number of rotatable bonds is 8. The summed E-state index contributed by atoms with van der Waals surface area (Å²) in [6.07, 6.45) is 0.651. The molecule has 0 bridgehead atoms. The largest absolute Gasteiger partial charge is 0.497 e. The zero-order valence-electron chi connectivity index (χ0n) is 18.0. The molecule has 7 heteroatoms. The summed E-state index contributed by atoms with van der Waals surface area (Å²) in [5.41, 5.74) is 4.00. The summed E-state index contributed by atoms with van der Waals surface area (Å²) in [7, 11) is 1.60. The molecule has 1 heterocycles. The van der Waals surface area contributed by atoms with Gasteiger partial charge in [0.05, 0.1) is 12.9 Å². The number of aromatic nitrogens is 3. The molecule has 1 aromatic heterocycles. The molecule has 0 unspecified atom stereocenters. The Hall–Kier alpha value is -3.58. The van der Waals surface area contributed by atoms with Gasteiger partial charge in [-0.2, -0.15) is 0 Å². The Balaban J connectivity index is 1.53. The van der Waals surface area contributed by atoms with Crippen molar-refractivity contribution in [2.75, 3.05) is 18.2 Å². The van der Waals surface area contributed by atoms with E-state index in [0.29, 0.717) is 23.0 Å². The number of ether oxygens (including phenoxy) is 1. The fourth-order valence-corrected chi connectivity index (χ4v) is 4.04. The number of aryl methyl sites for hydroxylation is 1. The monoisotopic (exact) mass is 444 g/mol. The fraction of sp³-hybridized carbons (Fsp3) is 0.160. The van der Waals surface area contributed by atoms with Crippen LogP contribution in [-0.2, 0) is 11.2 Å². The van der Waals surface area contributed by atoms with Crippen LogP contribution in [0.15, 0.2) is 84.0 Å². The maximum absolute atomic E-state index is 12.5. The van der Waals surface area contributed by atoms with Gasteiger partial charge in [-0.05, 0) is 36.8 Å². The number of hydrogen-bond donors (Lipinski definition) is 1. The molecule has 0 fully saturated rings. The van der Waals surface area contributed by atoms with Crippen LogP contribution in [0, 0.1) is 6.92 Å². The predicted molar refractivity (Wildman–Crippen MR) is 128 cm³/mol. The molecule has 3 aromatic carbocycles. The summed E-state index contributed by atoms with van der Waals surface area (Å²) in [5.74, 6) is 1.62. The molecule has 0 aliphatic rings. The van der Waals surface area contributed by atoms with Gasteiger partial charge in [0.15, 0.2) is 5.16 Å². The number of methoxy groups -OCH3 is 1. The van der Waals surface area contributed by atoms with Gasteiger partial charge < -0.3 is 10.1 Å². The first kappa shape index (κ1) is 21.6. The summed E-state index contributed by atoms with van der Waals surface area (Å²) in [6.45, 7) is 2.05. The topological polar surface area (TPSA) is 69.0 Å². The second-order valence-corrected chi connectivity index (χ2v) is 8.24. The van der Waals surface area contributed by atoms with Crippen LogP contribution in [0.25, 0.3) is 5.69 Å². The first-order valence-electron chi connectivity index (χ1n) is 10.2. The van der Waals surface area contributed by atoms with Crippen molar-refractivity contribution in [2.24, 2.45) is 0 Å². The normalized spacial score (nSPS) is 10.7. The molecule has 6 nitrogen and oxygen atoms in total. The van der Waals surface area contributed by atoms with Crippen molar-refractivity contribution in [1.82, 2.24) is 14.8 Å². The van der Waals surface area contributed by atoms with Crippen molar-refractivity contribution in [2.45, 2.75) is 18.5 Å². The lowest BCUT2D eigenvalue weighted by atomic mass is 10.1. The molecular formula is C25H24N4O2S. The Kier molecular flexibility index (Phi) is 6.87. The third-order valence-electron chi connectivity index (χ3n) is 4.88. The van der Waals surface area contributed by atoms with E-state index in [2.05, 4.69) is 46.7 Å². The highest BCUT2D eigenvalue weighted by atomic mass is 32.2. The molecule has 0 atom stereocenters. The van der Waals surface area contributed by atoms with Gasteiger partial charge in [0.2, 0.25) is 5.91 Å². The highest BCUT2D eigenvalue weighted by molar-refractivity contribution is 7.99. The van der Waals surface area contributed by atoms with Gasteiger partial charge in [-0.1, -0.05) is 65.9 Å². The zero-order chi connectivity index (χ0) is 22.3. The van der Waals surface area contributed by atoms with Crippen molar-refractivity contribution < 1.29 is 9.53 Å². The highest BCUT2D eigenvalue weighted by Gasteiger charge is 2.16. The quantitative estimate of drug-likeness (QED) is 0.391. The summed E-state index contributed by atoms with van der Waals surface area (Å²) in [5, 5.41) is 12.4. The summed E-state index contributed by atoms with van der Waals surface area (Å²) >= 11 is 1.36. The molecule has 162 valence electrons. The second kappa shape index (κ2) is 10.2. The molecule has 4 rings (SSSR count). The van der Waals surface area contributed by atoms with Gasteiger partial charge in [-0.25, -0.2) is 0 Å². The summed E-state index contributed by atoms with van der Waals surface area (Å²) in [6, 6.07) is 25.7. The van der Waals surface area contributed by atoms with E-state index in [4.69, 9.17) is 4.74 Å². The van der Waals surface area contributed by atoms with E-state index in [9.17, 15) is 4.79 Å². The Morgan fingerprint density at radius 2 is 1.78 bits per heavy atom. The van der Waals surface area contributed by atoms with Gasteiger partial charge in [-0.15, -0.1) is 10.2 Å². The minimum absolute atomic E-state index is 0.119. The van der Waals surface area contributed by atoms with Gasteiger partial charge in [0.25, 0.3) is 0 Å². The second-order valence-electron chi connectivity index (χ2n) is 7.30. The Labute approximate surface area is 191 Å². The number of hydrogen-bond acceptors (Lipinski definition) is 5. The molecule has 0 radical (unpaired) electrons. The number of carbonyl (C=O) groups excluding carboxylic acids is 1. The van der Waals surface area contributed by atoms with Gasteiger partial charge in [0, 0.05) is 23.9 Å². The van der Waals surface area contributed by atoms with Crippen molar-refractivity contribution >= 4 is 23.4 Å². The van der Waals surface area contributed by atoms with Crippen molar-refractivity contribution in [3.63, 3.8) is 0 Å². The van der Waals surface area contributed by atoms with Gasteiger partial charge in [0.1, 0.15) is 11.6 Å². The third kappa shape index (κ3) is 5.36. The van der Waals surface area contributed by atoms with E-state index in [1.54, 1.807) is 13.2 Å². The number of thioether (sulfide) groups is 1. The van der Waals surface area contributed by atoms with Crippen molar-refractivity contribution in [3.05, 3.63) is 95.8 Å². The minimum Gasteiger partial charge on any atom is -0.497 e. The van der Waals surface area contributed by atoms with Crippen LogP contribution in [0.1, 0.15) is 17.0 Å². The lowest BCUT2D eigenvalue weighted by Crippen LogP contribution is -2.14. The summed E-state index contributed by atoms with van der Waals surface area (Å²) in [4.78, 5) is 12.5. The highest BCUT2D eigenvalue weighted by Crippen LogP contribution is 2.24. The maximum atomic E-state index is 12.5. The molecule has 0 saturated heterocycles. The average molecular weight is 445 g/mol. The fourth-order valence-electron chi connectivity index (χ4n) is 3.27. The van der Waals surface area contributed by atoms with Gasteiger partial charge in [-0.3, -0.25) is 9.36 Å². The van der Waals surface area contributed by atoms with Crippen LogP contribution in [0.2, 0.25) is 0 Å². The molecule has 1 N–H and O–H groups in total. The van der Waals surface area contributed by atoms with E-state index in [-0.39, 0.29) is 11.7 Å². The number of carbonyl (C=O) groups is 1. The summed E-state index contributed by atoms with van der Waals surface area (Å²) < 4.78 is 7.24. The Morgan fingerprint density at radius 3 is 2.53 bits per heavy atom. The van der Waals surface area contributed by atoms with Crippen molar-refractivity contribution in [3.8, 4) is 11.4 Å². The lowest BCUT2D eigenvalue weighted by Gasteiger charge is -2.11. The molecule has 0 aliphatic carbocycles. The minimum atomic E-state index is -0.119. The van der Waals surface area contributed by atoms with Gasteiger partial charge >= 0.3 is 0 Å². The van der Waals surface area contributed by atoms with Crippen molar-refractivity contribution in [1.29, 1.82) is 0 Å². The smallest absolute Gasteiger partial charge is 0.234 e. The average Bonchev–Trinajstić information content (AvgIpc) is 3.21. The third-order valence-corrected chi connectivity index (χ3v) is 5.81. The van der Waals surface area contributed by atoms with E-state index >= 15 is 0 Å². The molecule has 0 aliphatic heterocycles. The van der Waals surface area contributed by atoms with E-state index in [1.165, 1.54) is 17.3 Å². The zero-order valence-corrected chi connectivity index (χ0v) is 18.8. The van der Waals surface area contributed by atoms with Crippen LogP contribution < -0.4 is 10.1 Å². The molecular weight excluding hydrogens is 420 g/mol. The molecule has 32 heavy (non-hydrogen) atoms. The number of amides is 1. The Morgan fingerprint density at radius 1 is 1.00 bits per heavy atom. The maximum Gasteiger partial charge on any atom is 0.234 e. The molecule has 4 aromatic rings. The van der Waals surface area contributed by atoms with Crippen LogP contribution in [0.4, 0.5) is 5.69 Å². The molecule has 1 amide bonds. The SMILES string of the molecule is COc1cccc(NC(=O)CSc2nnc(Cc3ccccc3)n2-c2ccc(C)cc2)c1. The first-order chi connectivity index (χ1) is 15.6. The number of anilines is 1. The number of benzene rings is 3. The predicted octanol–water partition coefficient (Wildman–Crippen LogP) is 4.91. The first-order valence-corrected chi connectivity index (χ1v) is 11.2. The van der Waals surface area contributed by atoms with E-state index in [1.807, 2.05) is 53.1 Å². The van der Waals surface area contributed by atoms with Crippen LogP contribution in [0.5, 0.6) is 5.75 Å². The standard InChI is InChI=1S/C25H24N4O2S/c1-18-11-13-21(14-12-18)29-23(15-19-7-4-3-5-8-19)27-28-25(29)32-17-24(30)26-20-9-6-10-22(16-20)31-2/h3-14,16H,15,17H2,1-2H3,(H,26,30). The lowest BCUT2D eigenvalue weighted by molar-refractivity contribution is -0.113. The van der Waals surface area contributed by atoms with Crippen LogP contribution in [-0.4, -0.2) is 33.5 Å². The molecule has 0 spiro atoms. The number of nitrogens with one attached hydrogen (secondary N) is 1. The Bertz CT molecular complexity index is 1190. The number of nitrogens with zero attached hydrogens (tertiary/aromatic N) is 3. The van der Waals surface area contributed by atoms with E-state index in [0.717, 1.165) is 17.1 Å². The van der Waals surface area contributed by atoms with E-state index < -0.39 is 0 Å². The van der Waals surface area contributed by atoms with Crippen LogP contribution in [0.3, 0.4) is 0 Å².